The van der Waals surface area contributed by atoms with Crippen molar-refractivity contribution in [2.24, 2.45) is 0 Å². The van der Waals surface area contributed by atoms with E-state index in [0.29, 0.717) is 35.3 Å². The summed E-state index contributed by atoms with van der Waals surface area (Å²) < 4.78 is 14.9. The molecule has 3 heterocycles. The molecule has 0 saturated carbocycles. The maximum atomic E-state index is 13.2. The third kappa shape index (κ3) is 4.29. The first-order valence-electron chi connectivity index (χ1n) is 10.4. The van der Waals surface area contributed by atoms with E-state index in [4.69, 9.17) is 0 Å². The first-order chi connectivity index (χ1) is 15.7. The molecular formula is C23H21FN6OS. The Morgan fingerprint density at radius 2 is 1.66 bits per heavy atom. The molecule has 0 atom stereocenters. The predicted octanol–water partition coefficient (Wildman–Crippen LogP) is 3.37. The molecule has 2 aromatic carbocycles. The summed E-state index contributed by atoms with van der Waals surface area (Å²) in [6.07, 6.45) is 0. The van der Waals surface area contributed by atoms with Crippen LogP contribution in [0.25, 0.3) is 17.0 Å². The zero-order valence-corrected chi connectivity index (χ0v) is 18.1. The Hall–Kier alpha value is -3.46. The van der Waals surface area contributed by atoms with Crippen LogP contribution in [0.4, 0.5) is 10.1 Å². The highest BCUT2D eigenvalue weighted by Gasteiger charge is 2.21. The average molecular weight is 449 g/mol. The Kier molecular flexibility index (Phi) is 5.72. The zero-order chi connectivity index (χ0) is 21.9. The number of hydrogen-bond donors (Lipinski definition) is 0. The molecule has 9 heteroatoms. The van der Waals surface area contributed by atoms with Crippen molar-refractivity contribution in [2.45, 2.75) is 5.03 Å². The first kappa shape index (κ1) is 20.4. The second-order valence-electron chi connectivity index (χ2n) is 7.46. The van der Waals surface area contributed by atoms with Gasteiger partial charge in [0.1, 0.15) is 10.8 Å². The number of piperazine rings is 1. The smallest absolute Gasteiger partial charge is 0.233 e. The molecule has 162 valence electrons. The van der Waals surface area contributed by atoms with Gasteiger partial charge in [-0.15, -0.1) is 10.2 Å². The molecule has 1 aliphatic heterocycles. The maximum Gasteiger partial charge on any atom is 0.233 e. The van der Waals surface area contributed by atoms with Crippen molar-refractivity contribution in [1.82, 2.24) is 24.7 Å². The molecule has 4 aromatic rings. The number of amides is 1. The topological polar surface area (TPSA) is 66.6 Å². The highest BCUT2D eigenvalue weighted by atomic mass is 32.2. The number of rotatable bonds is 5. The predicted molar refractivity (Wildman–Crippen MR) is 122 cm³/mol. The summed E-state index contributed by atoms with van der Waals surface area (Å²) in [5, 5.41) is 13.6. The molecule has 0 aliphatic carbocycles. The molecule has 0 bridgehead atoms. The van der Waals surface area contributed by atoms with Crippen molar-refractivity contribution in [2.75, 3.05) is 36.8 Å². The van der Waals surface area contributed by atoms with Crippen LogP contribution >= 0.6 is 11.8 Å². The van der Waals surface area contributed by atoms with Crippen molar-refractivity contribution in [3.63, 3.8) is 0 Å². The molecule has 0 spiro atoms. The van der Waals surface area contributed by atoms with Gasteiger partial charge in [0.25, 0.3) is 0 Å². The molecule has 1 amide bonds. The Bertz CT molecular complexity index is 1220. The molecule has 2 aromatic heterocycles. The van der Waals surface area contributed by atoms with E-state index in [9.17, 15) is 9.18 Å². The van der Waals surface area contributed by atoms with Crippen molar-refractivity contribution in [1.29, 1.82) is 0 Å². The number of thioether (sulfide) groups is 1. The van der Waals surface area contributed by atoms with Crippen molar-refractivity contribution in [3.8, 4) is 11.4 Å². The van der Waals surface area contributed by atoms with E-state index in [-0.39, 0.29) is 11.7 Å². The minimum Gasteiger partial charge on any atom is -0.368 e. The van der Waals surface area contributed by atoms with Gasteiger partial charge in [0.15, 0.2) is 11.5 Å². The summed E-state index contributed by atoms with van der Waals surface area (Å²) >= 11 is 1.39. The molecule has 7 nitrogen and oxygen atoms in total. The van der Waals surface area contributed by atoms with Crippen LogP contribution in [-0.2, 0) is 4.79 Å². The number of halogens is 1. The minimum absolute atomic E-state index is 0.104. The van der Waals surface area contributed by atoms with Gasteiger partial charge >= 0.3 is 0 Å². The van der Waals surface area contributed by atoms with Crippen LogP contribution in [0.2, 0.25) is 0 Å². The Morgan fingerprint density at radius 3 is 2.41 bits per heavy atom. The van der Waals surface area contributed by atoms with Crippen LogP contribution in [0.15, 0.2) is 71.8 Å². The van der Waals surface area contributed by atoms with Crippen LogP contribution in [0.1, 0.15) is 0 Å². The van der Waals surface area contributed by atoms with E-state index >= 15 is 0 Å². The first-order valence-corrected chi connectivity index (χ1v) is 11.3. The number of anilines is 1. The number of carbonyl (C=O) groups is 1. The summed E-state index contributed by atoms with van der Waals surface area (Å²) in [4.78, 5) is 17.0. The second kappa shape index (κ2) is 8.96. The van der Waals surface area contributed by atoms with Crippen LogP contribution in [0.3, 0.4) is 0 Å². The summed E-state index contributed by atoms with van der Waals surface area (Å²) in [6, 6.07) is 20.0. The Morgan fingerprint density at radius 1 is 0.906 bits per heavy atom. The van der Waals surface area contributed by atoms with Gasteiger partial charge in [0, 0.05) is 37.4 Å². The lowest BCUT2D eigenvalue weighted by Gasteiger charge is -2.36. The number of para-hydroxylation sites is 1. The third-order valence-electron chi connectivity index (χ3n) is 5.44. The summed E-state index contributed by atoms with van der Waals surface area (Å²) in [5.41, 5.74) is 2.51. The van der Waals surface area contributed by atoms with Crippen LogP contribution < -0.4 is 4.90 Å². The SMILES string of the molecule is O=C(CSc1ccc2nnc(-c3ccc(F)cc3)n2n1)N1CCN(c2ccccc2)CC1. The second-order valence-corrected chi connectivity index (χ2v) is 8.46. The number of nitrogens with zero attached hydrogens (tertiary/aromatic N) is 6. The van der Waals surface area contributed by atoms with E-state index < -0.39 is 0 Å². The summed E-state index contributed by atoms with van der Waals surface area (Å²) in [7, 11) is 0. The van der Waals surface area contributed by atoms with Gasteiger partial charge in [0.2, 0.25) is 5.91 Å². The van der Waals surface area contributed by atoms with Gasteiger partial charge in [-0.25, -0.2) is 4.39 Å². The van der Waals surface area contributed by atoms with Crippen LogP contribution in [-0.4, -0.2) is 62.6 Å². The van der Waals surface area contributed by atoms with Crippen molar-refractivity contribution >= 4 is 29.0 Å². The molecule has 1 aliphatic rings. The van der Waals surface area contributed by atoms with Gasteiger partial charge < -0.3 is 9.80 Å². The van der Waals surface area contributed by atoms with E-state index in [1.54, 1.807) is 16.6 Å². The third-order valence-corrected chi connectivity index (χ3v) is 6.34. The number of carbonyl (C=O) groups excluding carboxylic acids is 1. The lowest BCUT2D eigenvalue weighted by molar-refractivity contribution is -0.128. The molecule has 32 heavy (non-hydrogen) atoms. The number of aromatic nitrogens is 4. The Labute approximate surface area is 188 Å². The lowest BCUT2D eigenvalue weighted by atomic mass is 10.2. The average Bonchev–Trinajstić information content (AvgIpc) is 3.27. The molecule has 0 unspecified atom stereocenters. The van der Waals surface area contributed by atoms with Gasteiger partial charge in [-0.05, 0) is 48.5 Å². The van der Waals surface area contributed by atoms with Crippen molar-refractivity contribution in [3.05, 3.63) is 72.5 Å². The largest absolute Gasteiger partial charge is 0.368 e. The van der Waals surface area contributed by atoms with E-state index in [0.717, 1.165) is 18.7 Å². The fourth-order valence-electron chi connectivity index (χ4n) is 3.71. The van der Waals surface area contributed by atoms with E-state index in [1.807, 2.05) is 35.2 Å². The van der Waals surface area contributed by atoms with Crippen molar-refractivity contribution < 1.29 is 9.18 Å². The lowest BCUT2D eigenvalue weighted by Crippen LogP contribution is -2.49. The Balaban J connectivity index is 1.22. The van der Waals surface area contributed by atoms with E-state index in [1.165, 1.54) is 29.6 Å². The fourth-order valence-corrected chi connectivity index (χ4v) is 4.47. The monoisotopic (exact) mass is 448 g/mol. The molecule has 5 rings (SSSR count). The van der Waals surface area contributed by atoms with Gasteiger partial charge in [-0.2, -0.15) is 9.61 Å². The van der Waals surface area contributed by atoms with Gasteiger partial charge in [0.05, 0.1) is 5.75 Å². The number of fused-ring (bicyclic) bond motifs is 1. The van der Waals surface area contributed by atoms with E-state index in [2.05, 4.69) is 32.3 Å². The van der Waals surface area contributed by atoms with Crippen LogP contribution in [0, 0.1) is 5.82 Å². The van der Waals surface area contributed by atoms with Gasteiger partial charge in [-0.3, -0.25) is 4.79 Å². The highest BCUT2D eigenvalue weighted by Crippen LogP contribution is 2.22. The highest BCUT2D eigenvalue weighted by molar-refractivity contribution is 7.99. The summed E-state index contributed by atoms with van der Waals surface area (Å²) in [5.74, 6) is 0.644. The number of hydrogen-bond acceptors (Lipinski definition) is 6. The molecule has 1 fully saturated rings. The molecule has 0 N–H and O–H groups in total. The quantitative estimate of drug-likeness (QED) is 0.436. The molecular weight excluding hydrogens is 427 g/mol. The van der Waals surface area contributed by atoms with Crippen LogP contribution in [0.5, 0.6) is 0 Å². The van der Waals surface area contributed by atoms with Gasteiger partial charge in [-0.1, -0.05) is 30.0 Å². The molecule has 1 saturated heterocycles. The molecule has 0 radical (unpaired) electrons. The normalized spacial score (nSPS) is 14.2. The minimum atomic E-state index is -0.310. The zero-order valence-electron chi connectivity index (χ0n) is 17.3. The fraction of sp³-hybridized carbons (Fsp3) is 0.217. The standard InChI is InChI=1S/C23H21FN6OS/c24-18-8-6-17(7-9-18)23-26-25-20-10-11-21(27-30(20)23)32-16-22(31)29-14-12-28(13-15-29)19-4-2-1-3-5-19/h1-11H,12-16H2. The summed E-state index contributed by atoms with van der Waals surface area (Å²) in [6.45, 7) is 3.07. The number of benzene rings is 2. The maximum absolute atomic E-state index is 13.2.